The van der Waals surface area contributed by atoms with Crippen molar-refractivity contribution >= 4 is 22.6 Å². The van der Waals surface area contributed by atoms with Crippen molar-refractivity contribution in [3.05, 3.63) is 40.2 Å². The second-order valence-electron chi connectivity index (χ2n) is 5.59. The first-order chi connectivity index (χ1) is 10.1. The average Bonchev–Trinajstić information content (AvgIpc) is 2.47. The maximum Gasteiger partial charge on any atom is 0.336 e. The molecular weight excluding hydrogens is 268 g/mol. The van der Waals surface area contributed by atoms with Crippen LogP contribution in [0.3, 0.4) is 0 Å². The van der Waals surface area contributed by atoms with Crippen molar-refractivity contribution in [1.82, 2.24) is 4.98 Å². The van der Waals surface area contributed by atoms with Gasteiger partial charge in [-0.2, -0.15) is 0 Å². The summed E-state index contributed by atoms with van der Waals surface area (Å²) in [5.74, 6) is -0.294. The molecule has 5 heteroatoms. The zero-order valence-corrected chi connectivity index (χ0v) is 11.9. The summed E-state index contributed by atoms with van der Waals surface area (Å²) in [6, 6.07) is 6.94. The number of carboxylic acid groups (broad SMARTS) is 1. The lowest BCUT2D eigenvalue weighted by atomic mass is 10.0. The maximum atomic E-state index is 12.2. The van der Waals surface area contributed by atoms with Gasteiger partial charge in [0.25, 0.3) is 5.56 Å². The molecule has 0 amide bonds. The maximum absolute atomic E-state index is 12.2. The van der Waals surface area contributed by atoms with Gasteiger partial charge in [-0.25, -0.2) is 4.79 Å². The zero-order chi connectivity index (χ0) is 15.0. The minimum absolute atomic E-state index is 0.171. The number of aromatic carboxylic acids is 1. The molecule has 0 spiro atoms. The van der Waals surface area contributed by atoms with Crippen molar-refractivity contribution in [2.45, 2.75) is 32.2 Å². The molecule has 1 atom stereocenters. The van der Waals surface area contributed by atoms with Crippen molar-refractivity contribution in [3.8, 4) is 0 Å². The van der Waals surface area contributed by atoms with Crippen molar-refractivity contribution < 1.29 is 9.90 Å². The quantitative estimate of drug-likeness (QED) is 0.890. The molecule has 0 saturated carbocycles. The highest BCUT2D eigenvalue weighted by atomic mass is 16.4. The molecule has 1 saturated heterocycles. The molecule has 1 aromatic carbocycles. The lowest BCUT2D eigenvalue weighted by Crippen LogP contribution is -2.38. The Morgan fingerprint density at radius 1 is 1.33 bits per heavy atom. The molecule has 110 valence electrons. The number of benzene rings is 1. The Balaban J connectivity index is 2.19. The fourth-order valence-corrected chi connectivity index (χ4v) is 3.07. The van der Waals surface area contributed by atoms with Gasteiger partial charge in [-0.3, -0.25) is 4.79 Å². The van der Waals surface area contributed by atoms with Crippen LogP contribution in [0, 0.1) is 0 Å². The zero-order valence-electron chi connectivity index (χ0n) is 11.9. The highest BCUT2D eigenvalue weighted by molar-refractivity contribution is 6.04. The Morgan fingerprint density at radius 2 is 2.14 bits per heavy atom. The van der Waals surface area contributed by atoms with E-state index in [2.05, 4.69) is 16.8 Å². The number of nitrogens with one attached hydrogen (secondary N) is 1. The molecule has 1 unspecified atom stereocenters. The third-order valence-corrected chi connectivity index (χ3v) is 4.22. The SMILES string of the molecule is CC1CCCCN1c1cc2c(C(=O)O)cccc2c(=O)[nH]1. The van der Waals surface area contributed by atoms with Crippen LogP contribution in [0.2, 0.25) is 0 Å². The van der Waals surface area contributed by atoms with Crippen LogP contribution < -0.4 is 10.5 Å². The van der Waals surface area contributed by atoms with E-state index in [9.17, 15) is 14.7 Å². The summed E-state index contributed by atoms with van der Waals surface area (Å²) >= 11 is 0. The smallest absolute Gasteiger partial charge is 0.336 e. The lowest BCUT2D eigenvalue weighted by Gasteiger charge is -2.35. The number of rotatable bonds is 2. The van der Waals surface area contributed by atoms with Crippen LogP contribution in [-0.2, 0) is 0 Å². The molecule has 1 aliphatic heterocycles. The molecule has 1 fully saturated rings. The molecule has 0 bridgehead atoms. The van der Waals surface area contributed by atoms with Gasteiger partial charge in [0.05, 0.1) is 5.56 Å². The normalized spacial score (nSPS) is 18.9. The number of hydrogen-bond donors (Lipinski definition) is 2. The Kier molecular flexibility index (Phi) is 3.41. The molecule has 2 heterocycles. The van der Waals surface area contributed by atoms with E-state index >= 15 is 0 Å². The number of fused-ring (bicyclic) bond motifs is 1. The predicted molar refractivity (Wildman–Crippen MR) is 82.2 cm³/mol. The largest absolute Gasteiger partial charge is 0.478 e. The highest BCUT2D eigenvalue weighted by Gasteiger charge is 2.21. The molecule has 1 aromatic heterocycles. The molecule has 1 aliphatic rings. The summed E-state index contributed by atoms with van der Waals surface area (Å²) in [5, 5.41) is 10.2. The monoisotopic (exact) mass is 286 g/mol. The van der Waals surface area contributed by atoms with Gasteiger partial charge in [0, 0.05) is 23.4 Å². The van der Waals surface area contributed by atoms with Crippen molar-refractivity contribution in [2.24, 2.45) is 0 Å². The second-order valence-corrected chi connectivity index (χ2v) is 5.59. The van der Waals surface area contributed by atoms with Crippen LogP contribution in [0.15, 0.2) is 29.1 Å². The van der Waals surface area contributed by atoms with Crippen LogP contribution in [0.25, 0.3) is 10.8 Å². The number of carbonyl (C=O) groups is 1. The third kappa shape index (κ3) is 2.39. The van der Waals surface area contributed by atoms with E-state index in [4.69, 9.17) is 0 Å². The second kappa shape index (κ2) is 5.24. The number of carboxylic acids is 1. The van der Waals surface area contributed by atoms with E-state index < -0.39 is 5.97 Å². The number of nitrogens with zero attached hydrogens (tertiary/aromatic N) is 1. The molecule has 3 rings (SSSR count). The predicted octanol–water partition coefficient (Wildman–Crippen LogP) is 2.61. The number of aromatic nitrogens is 1. The first-order valence-electron chi connectivity index (χ1n) is 7.24. The van der Waals surface area contributed by atoms with E-state index in [1.807, 2.05) is 0 Å². The van der Waals surface area contributed by atoms with Crippen molar-refractivity contribution in [3.63, 3.8) is 0 Å². The summed E-state index contributed by atoms with van der Waals surface area (Å²) in [7, 11) is 0. The van der Waals surface area contributed by atoms with E-state index in [0.717, 1.165) is 19.4 Å². The van der Waals surface area contributed by atoms with Gasteiger partial charge in [-0.1, -0.05) is 6.07 Å². The number of aromatic amines is 1. The summed E-state index contributed by atoms with van der Waals surface area (Å²) in [6.45, 7) is 3.02. The van der Waals surface area contributed by atoms with E-state index in [0.29, 0.717) is 22.6 Å². The lowest BCUT2D eigenvalue weighted by molar-refractivity contribution is 0.0699. The van der Waals surface area contributed by atoms with E-state index in [1.165, 1.54) is 12.5 Å². The van der Waals surface area contributed by atoms with Gasteiger partial charge < -0.3 is 15.0 Å². The molecule has 0 radical (unpaired) electrons. The van der Waals surface area contributed by atoms with Gasteiger partial charge in [-0.15, -0.1) is 0 Å². The topological polar surface area (TPSA) is 73.4 Å². The Hall–Kier alpha value is -2.30. The van der Waals surface area contributed by atoms with E-state index in [-0.39, 0.29) is 11.1 Å². The summed E-state index contributed by atoms with van der Waals surface area (Å²) in [6.07, 6.45) is 3.36. The van der Waals surface area contributed by atoms with Crippen molar-refractivity contribution in [2.75, 3.05) is 11.4 Å². The number of pyridine rings is 1. The van der Waals surface area contributed by atoms with Crippen LogP contribution in [0.5, 0.6) is 0 Å². The summed E-state index contributed by atoms with van der Waals surface area (Å²) < 4.78 is 0. The van der Waals surface area contributed by atoms with Crippen molar-refractivity contribution in [1.29, 1.82) is 0 Å². The van der Waals surface area contributed by atoms with Gasteiger partial charge in [-0.05, 0) is 44.4 Å². The van der Waals surface area contributed by atoms with Crippen LogP contribution in [-0.4, -0.2) is 28.6 Å². The first kappa shape index (κ1) is 13.7. The van der Waals surface area contributed by atoms with Gasteiger partial charge in [0.1, 0.15) is 5.82 Å². The first-order valence-corrected chi connectivity index (χ1v) is 7.24. The highest BCUT2D eigenvalue weighted by Crippen LogP contribution is 2.25. The molecule has 5 nitrogen and oxygen atoms in total. The van der Waals surface area contributed by atoms with E-state index in [1.54, 1.807) is 18.2 Å². The number of anilines is 1. The average molecular weight is 286 g/mol. The Bertz CT molecular complexity index is 751. The summed E-state index contributed by atoms with van der Waals surface area (Å²) in [5.41, 5.74) is -0.0621. The van der Waals surface area contributed by atoms with Gasteiger partial charge >= 0.3 is 5.97 Å². The van der Waals surface area contributed by atoms with Crippen LogP contribution >= 0.6 is 0 Å². The van der Waals surface area contributed by atoms with Gasteiger partial charge in [0.15, 0.2) is 0 Å². The molecule has 0 aliphatic carbocycles. The van der Waals surface area contributed by atoms with Gasteiger partial charge in [0.2, 0.25) is 0 Å². The van der Waals surface area contributed by atoms with Crippen LogP contribution in [0.1, 0.15) is 36.5 Å². The number of piperidine rings is 1. The summed E-state index contributed by atoms with van der Waals surface area (Å²) in [4.78, 5) is 28.7. The number of hydrogen-bond acceptors (Lipinski definition) is 3. The molecule has 2 aromatic rings. The number of H-pyrrole nitrogens is 1. The minimum Gasteiger partial charge on any atom is -0.478 e. The standard InChI is InChI=1S/C16H18N2O3/c1-10-5-2-3-8-18(10)14-9-13-11(15(19)17-14)6-4-7-12(13)16(20)21/h4,6-7,9-10H,2-3,5,8H2,1H3,(H,17,19)(H,20,21). The Morgan fingerprint density at radius 3 is 2.86 bits per heavy atom. The Labute approximate surface area is 122 Å². The molecule has 21 heavy (non-hydrogen) atoms. The fraction of sp³-hybridized carbons (Fsp3) is 0.375. The molecule has 2 N–H and O–H groups in total. The van der Waals surface area contributed by atoms with Crippen LogP contribution in [0.4, 0.5) is 5.82 Å². The fourth-order valence-electron chi connectivity index (χ4n) is 3.07. The molecular formula is C16H18N2O3. The minimum atomic E-state index is -1.01. The third-order valence-electron chi connectivity index (χ3n) is 4.22.